The third-order valence-corrected chi connectivity index (χ3v) is 4.55. The minimum atomic E-state index is -0.587. The van der Waals surface area contributed by atoms with Crippen LogP contribution in [0.5, 0.6) is 0 Å². The van der Waals surface area contributed by atoms with Crippen molar-refractivity contribution >= 4 is 23.5 Å². The first-order chi connectivity index (χ1) is 12.3. The predicted octanol–water partition coefficient (Wildman–Crippen LogP) is 0.759. The Morgan fingerprint density at radius 2 is 1.50 bits per heavy atom. The van der Waals surface area contributed by atoms with Gasteiger partial charge in [0, 0.05) is 17.5 Å². The van der Waals surface area contributed by atoms with E-state index in [2.05, 4.69) is 19.2 Å². The summed E-state index contributed by atoms with van der Waals surface area (Å²) in [6, 6.07) is 4.37. The van der Waals surface area contributed by atoms with Crippen molar-refractivity contribution in [3.8, 4) is 0 Å². The van der Waals surface area contributed by atoms with Gasteiger partial charge in [0.15, 0.2) is 6.54 Å². The number of ether oxygens (including phenoxy) is 2. The lowest BCUT2D eigenvalue weighted by Crippen LogP contribution is -3.15. The van der Waals surface area contributed by atoms with Gasteiger partial charge >= 0.3 is 11.9 Å². The molecule has 7 heteroatoms. The second kappa shape index (κ2) is 8.80. The average molecular weight is 363 g/mol. The van der Waals surface area contributed by atoms with Gasteiger partial charge in [0.25, 0.3) is 5.91 Å². The summed E-state index contributed by atoms with van der Waals surface area (Å²) in [4.78, 5) is 37.3. The molecule has 0 spiro atoms. The molecule has 7 nitrogen and oxygen atoms in total. The molecule has 26 heavy (non-hydrogen) atoms. The van der Waals surface area contributed by atoms with E-state index in [1.54, 1.807) is 0 Å². The number of piperidine rings is 1. The highest BCUT2D eigenvalue weighted by atomic mass is 16.5. The summed E-state index contributed by atoms with van der Waals surface area (Å²) in [6.07, 6.45) is 1.19. The smallest absolute Gasteiger partial charge is 0.337 e. The summed E-state index contributed by atoms with van der Waals surface area (Å²) >= 11 is 0. The Hall–Kier alpha value is -2.41. The zero-order chi connectivity index (χ0) is 19.3. The number of hydrogen-bond acceptors (Lipinski definition) is 5. The number of carbonyl (C=O) groups excluding carboxylic acids is 3. The number of likely N-dealkylation sites (tertiary alicyclic amines) is 1. The topological polar surface area (TPSA) is 86.1 Å². The fourth-order valence-corrected chi connectivity index (χ4v) is 3.67. The van der Waals surface area contributed by atoms with Crippen LogP contribution in [-0.2, 0) is 14.3 Å². The van der Waals surface area contributed by atoms with Crippen LogP contribution in [0.1, 0.15) is 41.0 Å². The van der Waals surface area contributed by atoms with E-state index in [1.165, 1.54) is 43.7 Å². The number of esters is 2. The van der Waals surface area contributed by atoms with Crippen LogP contribution in [0.2, 0.25) is 0 Å². The molecule has 1 aliphatic rings. The van der Waals surface area contributed by atoms with Gasteiger partial charge in [0.05, 0.1) is 38.4 Å². The molecule has 1 aliphatic heterocycles. The molecule has 1 unspecified atom stereocenters. The molecule has 0 bridgehead atoms. The number of amides is 1. The van der Waals surface area contributed by atoms with Crippen molar-refractivity contribution in [1.82, 2.24) is 0 Å². The summed E-state index contributed by atoms with van der Waals surface area (Å²) in [6.45, 7) is 6.69. The molecule has 1 aromatic rings. The SMILES string of the molecule is COC(=O)c1cc(NC(=O)C[NH+]2C[C@H](C)C[C@H](C)C2)cc(C(=O)OC)c1. The van der Waals surface area contributed by atoms with E-state index in [-0.39, 0.29) is 17.0 Å². The van der Waals surface area contributed by atoms with Gasteiger partial charge in [-0.1, -0.05) is 13.8 Å². The molecule has 2 N–H and O–H groups in total. The van der Waals surface area contributed by atoms with Crippen LogP contribution < -0.4 is 10.2 Å². The van der Waals surface area contributed by atoms with Crippen LogP contribution in [0.3, 0.4) is 0 Å². The van der Waals surface area contributed by atoms with Crippen molar-refractivity contribution in [3.63, 3.8) is 0 Å². The minimum Gasteiger partial charge on any atom is -0.465 e. The highest BCUT2D eigenvalue weighted by Crippen LogP contribution is 2.17. The predicted molar refractivity (Wildman–Crippen MR) is 96.3 cm³/mol. The number of hydrogen-bond donors (Lipinski definition) is 2. The molecule has 1 saturated heterocycles. The lowest BCUT2D eigenvalue weighted by Gasteiger charge is -2.31. The summed E-state index contributed by atoms with van der Waals surface area (Å²) in [5.41, 5.74) is 0.729. The van der Waals surface area contributed by atoms with Crippen molar-refractivity contribution < 1.29 is 28.8 Å². The summed E-state index contributed by atoms with van der Waals surface area (Å²) < 4.78 is 9.40. The van der Waals surface area contributed by atoms with Crippen molar-refractivity contribution in [1.29, 1.82) is 0 Å². The second-order valence-electron chi connectivity index (χ2n) is 7.11. The first kappa shape index (κ1) is 19.9. The van der Waals surface area contributed by atoms with Crippen LogP contribution in [0.25, 0.3) is 0 Å². The highest BCUT2D eigenvalue weighted by molar-refractivity contribution is 5.99. The number of quaternary nitrogens is 1. The molecule has 3 atom stereocenters. The third-order valence-electron chi connectivity index (χ3n) is 4.55. The number of anilines is 1. The van der Waals surface area contributed by atoms with E-state index in [0.29, 0.717) is 24.1 Å². The molecule has 0 radical (unpaired) electrons. The minimum absolute atomic E-state index is 0.154. The average Bonchev–Trinajstić information content (AvgIpc) is 2.58. The van der Waals surface area contributed by atoms with E-state index in [9.17, 15) is 14.4 Å². The van der Waals surface area contributed by atoms with Crippen LogP contribution in [-0.4, -0.2) is 51.7 Å². The van der Waals surface area contributed by atoms with Crippen molar-refractivity contribution in [3.05, 3.63) is 29.3 Å². The van der Waals surface area contributed by atoms with Gasteiger partial charge < -0.3 is 19.7 Å². The highest BCUT2D eigenvalue weighted by Gasteiger charge is 2.27. The van der Waals surface area contributed by atoms with E-state index >= 15 is 0 Å². The van der Waals surface area contributed by atoms with Gasteiger partial charge in [-0.3, -0.25) is 4.79 Å². The summed E-state index contributed by atoms with van der Waals surface area (Å²) in [5.74, 6) is -0.143. The fraction of sp³-hybridized carbons (Fsp3) is 0.526. The standard InChI is InChI=1S/C19H26N2O5/c1-12-5-13(2)10-21(9-12)11-17(22)20-16-7-14(18(23)25-3)6-15(8-16)19(24)26-4/h6-8,12-13H,5,9-11H2,1-4H3,(H,20,22)/p+1/t12-,13+. The largest absolute Gasteiger partial charge is 0.465 e. The number of nitrogens with one attached hydrogen (secondary N) is 2. The lowest BCUT2D eigenvalue weighted by molar-refractivity contribution is -0.904. The maximum atomic E-state index is 12.4. The maximum absolute atomic E-state index is 12.4. The zero-order valence-electron chi connectivity index (χ0n) is 15.8. The molecule has 0 saturated carbocycles. The first-order valence-electron chi connectivity index (χ1n) is 8.77. The van der Waals surface area contributed by atoms with Crippen LogP contribution in [0.15, 0.2) is 18.2 Å². The Balaban J connectivity index is 2.12. The monoisotopic (exact) mass is 363 g/mol. The Bertz CT molecular complexity index is 644. The van der Waals surface area contributed by atoms with Gasteiger partial charge in [-0.15, -0.1) is 0 Å². The fourth-order valence-electron chi connectivity index (χ4n) is 3.67. The summed E-state index contributed by atoms with van der Waals surface area (Å²) in [5, 5.41) is 2.78. The number of methoxy groups -OCH3 is 2. The molecule has 1 aromatic carbocycles. The molecule has 1 heterocycles. The number of benzene rings is 1. The maximum Gasteiger partial charge on any atom is 0.337 e. The Morgan fingerprint density at radius 3 is 1.96 bits per heavy atom. The summed E-state index contributed by atoms with van der Waals surface area (Å²) in [7, 11) is 2.51. The van der Waals surface area contributed by atoms with Crippen LogP contribution in [0, 0.1) is 11.8 Å². The molecular weight excluding hydrogens is 336 g/mol. The van der Waals surface area contributed by atoms with Gasteiger partial charge in [-0.05, 0) is 24.6 Å². The molecule has 0 aromatic heterocycles. The van der Waals surface area contributed by atoms with E-state index in [4.69, 9.17) is 9.47 Å². The van der Waals surface area contributed by atoms with Gasteiger partial charge in [-0.25, -0.2) is 9.59 Å². The molecule has 0 aliphatic carbocycles. The zero-order valence-corrected chi connectivity index (χ0v) is 15.8. The first-order valence-corrected chi connectivity index (χ1v) is 8.77. The van der Waals surface area contributed by atoms with Crippen molar-refractivity contribution in [2.75, 3.05) is 39.2 Å². The molecule has 1 amide bonds. The van der Waals surface area contributed by atoms with Crippen molar-refractivity contribution in [2.45, 2.75) is 20.3 Å². The molecule has 142 valence electrons. The molecule has 1 fully saturated rings. The van der Waals surface area contributed by atoms with Gasteiger partial charge in [0.1, 0.15) is 0 Å². The van der Waals surface area contributed by atoms with Gasteiger partial charge in [-0.2, -0.15) is 0 Å². The van der Waals surface area contributed by atoms with Crippen LogP contribution >= 0.6 is 0 Å². The van der Waals surface area contributed by atoms with E-state index in [0.717, 1.165) is 13.1 Å². The Kier molecular flexibility index (Phi) is 6.74. The molecular formula is C19H27N2O5+. The third kappa shape index (κ3) is 5.29. The quantitative estimate of drug-likeness (QED) is 0.755. The number of rotatable bonds is 5. The van der Waals surface area contributed by atoms with Crippen molar-refractivity contribution in [2.24, 2.45) is 11.8 Å². The van der Waals surface area contributed by atoms with E-state index in [1.807, 2.05) is 0 Å². The second-order valence-corrected chi connectivity index (χ2v) is 7.11. The van der Waals surface area contributed by atoms with E-state index < -0.39 is 11.9 Å². The molecule has 2 rings (SSSR count). The Labute approximate surface area is 153 Å². The lowest BCUT2D eigenvalue weighted by atomic mass is 9.92. The Morgan fingerprint density at radius 1 is 1.00 bits per heavy atom. The van der Waals surface area contributed by atoms with Crippen LogP contribution in [0.4, 0.5) is 5.69 Å². The van der Waals surface area contributed by atoms with Gasteiger partial charge in [0.2, 0.25) is 0 Å². The number of carbonyl (C=O) groups is 3. The normalized spacial score (nSPS) is 22.4.